The second kappa shape index (κ2) is 5.76. The highest BCUT2D eigenvalue weighted by Crippen LogP contribution is 2.39. The molecule has 2 aromatic rings. The molecule has 100 valence electrons. The number of hydrogen-bond donors (Lipinski definition) is 1. The Balaban J connectivity index is 2.64. The number of benzene rings is 2. The van der Waals surface area contributed by atoms with Crippen molar-refractivity contribution in [3.63, 3.8) is 0 Å². The summed E-state index contributed by atoms with van der Waals surface area (Å²) in [7, 11) is 3.30. The zero-order chi connectivity index (χ0) is 13.8. The summed E-state index contributed by atoms with van der Waals surface area (Å²) in [5.74, 6) is 1.49. The van der Waals surface area contributed by atoms with Gasteiger partial charge >= 0.3 is 0 Å². The van der Waals surface area contributed by atoms with Crippen LogP contribution in [0.25, 0.3) is 11.1 Å². The van der Waals surface area contributed by atoms with Gasteiger partial charge in [-0.25, -0.2) is 0 Å². The number of ether oxygens (including phenoxy) is 2. The van der Waals surface area contributed by atoms with Crippen molar-refractivity contribution < 1.29 is 9.47 Å². The second-order valence-electron chi connectivity index (χ2n) is 4.39. The molecule has 0 aliphatic heterocycles. The molecule has 0 aliphatic carbocycles. The molecule has 0 aliphatic rings. The Hall–Kier alpha value is -2.00. The maximum absolute atomic E-state index is 5.72. The lowest BCUT2D eigenvalue weighted by Gasteiger charge is -2.15. The average molecular weight is 257 g/mol. The van der Waals surface area contributed by atoms with Crippen LogP contribution in [0, 0.1) is 6.92 Å². The van der Waals surface area contributed by atoms with E-state index in [0.29, 0.717) is 6.54 Å². The van der Waals surface area contributed by atoms with Gasteiger partial charge in [-0.15, -0.1) is 0 Å². The van der Waals surface area contributed by atoms with Gasteiger partial charge in [0.25, 0.3) is 0 Å². The predicted octanol–water partition coefficient (Wildman–Crippen LogP) is 3.14. The van der Waals surface area contributed by atoms with Gasteiger partial charge in [0.1, 0.15) is 0 Å². The Morgan fingerprint density at radius 2 is 1.79 bits per heavy atom. The van der Waals surface area contributed by atoms with Crippen LogP contribution in [-0.4, -0.2) is 14.2 Å². The van der Waals surface area contributed by atoms with Gasteiger partial charge in [-0.2, -0.15) is 0 Å². The minimum absolute atomic E-state index is 0.527. The van der Waals surface area contributed by atoms with Crippen LogP contribution in [0.3, 0.4) is 0 Å². The van der Waals surface area contributed by atoms with Crippen LogP contribution < -0.4 is 15.2 Å². The third kappa shape index (κ3) is 2.56. The van der Waals surface area contributed by atoms with Crippen molar-refractivity contribution in [1.29, 1.82) is 0 Å². The van der Waals surface area contributed by atoms with E-state index in [1.54, 1.807) is 14.2 Å². The summed E-state index contributed by atoms with van der Waals surface area (Å²) in [5.41, 5.74) is 10.2. The van der Waals surface area contributed by atoms with Gasteiger partial charge in [0, 0.05) is 12.1 Å². The van der Waals surface area contributed by atoms with Crippen molar-refractivity contribution in [3.05, 3.63) is 47.5 Å². The van der Waals surface area contributed by atoms with E-state index in [1.165, 1.54) is 5.56 Å². The summed E-state index contributed by atoms with van der Waals surface area (Å²) in [6.07, 6.45) is 0. The first-order valence-corrected chi connectivity index (χ1v) is 6.22. The highest BCUT2D eigenvalue weighted by Gasteiger charge is 2.13. The number of aryl methyl sites for hydroxylation is 1. The van der Waals surface area contributed by atoms with E-state index < -0.39 is 0 Å². The topological polar surface area (TPSA) is 44.5 Å². The van der Waals surface area contributed by atoms with E-state index in [4.69, 9.17) is 15.2 Å². The Bertz CT molecular complexity index is 579. The normalized spacial score (nSPS) is 10.3. The monoisotopic (exact) mass is 257 g/mol. The number of methoxy groups -OCH3 is 2. The molecule has 0 spiro atoms. The molecule has 0 radical (unpaired) electrons. The van der Waals surface area contributed by atoms with Crippen LogP contribution in [-0.2, 0) is 6.54 Å². The van der Waals surface area contributed by atoms with Crippen LogP contribution >= 0.6 is 0 Å². The minimum Gasteiger partial charge on any atom is -0.493 e. The van der Waals surface area contributed by atoms with E-state index in [2.05, 4.69) is 19.1 Å². The van der Waals surface area contributed by atoms with Gasteiger partial charge in [0.2, 0.25) is 0 Å². The van der Waals surface area contributed by atoms with Crippen LogP contribution in [0.4, 0.5) is 0 Å². The van der Waals surface area contributed by atoms with Crippen molar-refractivity contribution in [2.75, 3.05) is 14.2 Å². The first-order valence-electron chi connectivity index (χ1n) is 6.22. The molecule has 0 bridgehead atoms. The molecule has 2 rings (SSSR count). The second-order valence-corrected chi connectivity index (χ2v) is 4.39. The lowest BCUT2D eigenvalue weighted by atomic mass is 9.97. The molecule has 0 atom stereocenters. The highest BCUT2D eigenvalue weighted by atomic mass is 16.5. The van der Waals surface area contributed by atoms with E-state index in [1.807, 2.05) is 24.3 Å². The average Bonchev–Trinajstić information content (AvgIpc) is 2.46. The van der Waals surface area contributed by atoms with E-state index in [0.717, 1.165) is 28.2 Å². The van der Waals surface area contributed by atoms with Gasteiger partial charge in [-0.3, -0.25) is 0 Å². The van der Waals surface area contributed by atoms with E-state index in [9.17, 15) is 0 Å². The highest BCUT2D eigenvalue weighted by molar-refractivity contribution is 5.76. The summed E-state index contributed by atoms with van der Waals surface area (Å²) in [4.78, 5) is 0. The Morgan fingerprint density at radius 1 is 1.00 bits per heavy atom. The molecule has 3 heteroatoms. The summed E-state index contributed by atoms with van der Waals surface area (Å²) in [6, 6.07) is 12.1. The van der Waals surface area contributed by atoms with Gasteiger partial charge in [-0.05, 0) is 35.7 Å². The summed E-state index contributed by atoms with van der Waals surface area (Å²) < 4.78 is 10.8. The van der Waals surface area contributed by atoms with Crippen LogP contribution in [0.5, 0.6) is 11.5 Å². The molecule has 0 saturated heterocycles. The zero-order valence-electron chi connectivity index (χ0n) is 11.6. The number of nitrogens with two attached hydrogens (primary N) is 1. The number of hydrogen-bond acceptors (Lipinski definition) is 3. The van der Waals surface area contributed by atoms with Crippen LogP contribution in [0.2, 0.25) is 0 Å². The Kier molecular flexibility index (Phi) is 4.07. The summed E-state index contributed by atoms with van der Waals surface area (Å²) >= 11 is 0. The largest absolute Gasteiger partial charge is 0.493 e. The molecular weight excluding hydrogens is 238 g/mol. The molecule has 19 heavy (non-hydrogen) atoms. The fraction of sp³-hybridized carbons (Fsp3) is 0.250. The lowest BCUT2D eigenvalue weighted by molar-refractivity contribution is 0.356. The lowest BCUT2D eigenvalue weighted by Crippen LogP contribution is -1.98. The van der Waals surface area contributed by atoms with Gasteiger partial charge < -0.3 is 15.2 Å². The molecule has 2 N–H and O–H groups in total. The maximum atomic E-state index is 5.72. The molecule has 0 aromatic heterocycles. The maximum Gasteiger partial charge on any atom is 0.168 e. The van der Waals surface area contributed by atoms with Crippen molar-refractivity contribution in [2.45, 2.75) is 13.5 Å². The first kappa shape index (κ1) is 13.4. The molecule has 3 nitrogen and oxygen atoms in total. The van der Waals surface area contributed by atoms with Crippen LogP contribution in [0.15, 0.2) is 36.4 Å². The molecule has 2 aromatic carbocycles. The zero-order valence-corrected chi connectivity index (χ0v) is 11.6. The van der Waals surface area contributed by atoms with Gasteiger partial charge in [0.05, 0.1) is 14.2 Å². The molecule has 0 unspecified atom stereocenters. The molecule has 0 amide bonds. The molecule has 0 saturated carbocycles. The molecule has 0 heterocycles. The Morgan fingerprint density at radius 3 is 2.42 bits per heavy atom. The number of rotatable bonds is 4. The van der Waals surface area contributed by atoms with Crippen molar-refractivity contribution in [3.8, 4) is 22.6 Å². The minimum atomic E-state index is 0.527. The quantitative estimate of drug-likeness (QED) is 0.915. The first-order chi connectivity index (χ1) is 9.21. The standard InChI is InChI=1S/C16H19NO2/c1-11-7-8-12(10-17)9-14(11)13-5-4-6-15(18-2)16(13)19-3/h4-9H,10,17H2,1-3H3. The third-order valence-electron chi connectivity index (χ3n) is 3.23. The van der Waals surface area contributed by atoms with E-state index >= 15 is 0 Å². The van der Waals surface area contributed by atoms with Crippen molar-refractivity contribution in [1.82, 2.24) is 0 Å². The fourth-order valence-electron chi connectivity index (χ4n) is 2.19. The summed E-state index contributed by atoms with van der Waals surface area (Å²) in [5, 5.41) is 0. The molecular formula is C16H19NO2. The number of para-hydroxylation sites is 1. The molecule has 0 fully saturated rings. The fourth-order valence-corrected chi connectivity index (χ4v) is 2.19. The SMILES string of the molecule is COc1cccc(-c2cc(CN)ccc2C)c1OC. The van der Waals surface area contributed by atoms with Crippen molar-refractivity contribution >= 4 is 0 Å². The van der Waals surface area contributed by atoms with Gasteiger partial charge in [-0.1, -0.05) is 24.3 Å². The van der Waals surface area contributed by atoms with Crippen molar-refractivity contribution in [2.24, 2.45) is 5.73 Å². The summed E-state index contributed by atoms with van der Waals surface area (Å²) in [6.45, 7) is 2.61. The Labute approximate surface area is 114 Å². The third-order valence-corrected chi connectivity index (χ3v) is 3.23. The predicted molar refractivity (Wildman–Crippen MR) is 77.6 cm³/mol. The van der Waals surface area contributed by atoms with E-state index in [-0.39, 0.29) is 0 Å². The van der Waals surface area contributed by atoms with Gasteiger partial charge in [0.15, 0.2) is 11.5 Å². The van der Waals surface area contributed by atoms with Crippen LogP contribution in [0.1, 0.15) is 11.1 Å². The smallest absolute Gasteiger partial charge is 0.168 e.